The lowest BCUT2D eigenvalue weighted by molar-refractivity contribution is -0.384. The highest BCUT2D eigenvalue weighted by Gasteiger charge is 2.07. The second-order valence-corrected chi connectivity index (χ2v) is 6.42. The van der Waals surface area contributed by atoms with Crippen LogP contribution in [0.25, 0.3) is 11.1 Å². The van der Waals surface area contributed by atoms with E-state index in [-0.39, 0.29) is 12.2 Å². The first-order valence-electron chi connectivity index (χ1n) is 8.90. The Bertz CT molecular complexity index is 1300. The molecule has 3 aromatic carbocycles. The van der Waals surface area contributed by atoms with E-state index in [1.807, 2.05) is 23.2 Å². The monoisotopic (exact) mass is 405 g/mol. The summed E-state index contributed by atoms with van der Waals surface area (Å²) in [5.41, 5.74) is 1.88. The maximum Gasteiger partial charge on any atom is 0.440 e. The highest BCUT2D eigenvalue weighted by atomic mass is 16.6. The second kappa shape index (κ2) is 7.92. The van der Waals surface area contributed by atoms with Crippen molar-refractivity contribution in [3.63, 3.8) is 0 Å². The van der Waals surface area contributed by atoms with Crippen molar-refractivity contribution in [1.82, 2.24) is 9.72 Å². The van der Waals surface area contributed by atoms with Crippen LogP contribution < -0.4 is 16.2 Å². The molecule has 4 rings (SSSR count). The fourth-order valence-electron chi connectivity index (χ4n) is 2.90. The molecular formula is C21H15N3O6. The predicted octanol–water partition coefficient (Wildman–Crippen LogP) is 3.55. The molecule has 0 amide bonds. The Kier molecular flexibility index (Phi) is 5.00. The molecular weight excluding hydrogens is 390 g/mol. The molecule has 150 valence electrons. The van der Waals surface area contributed by atoms with Crippen LogP contribution in [0.4, 0.5) is 5.69 Å². The molecule has 1 heterocycles. The Morgan fingerprint density at radius 1 is 0.933 bits per heavy atom. The maximum absolute atomic E-state index is 11.5. The number of ether oxygens (including phenoxy) is 1. The van der Waals surface area contributed by atoms with Crippen LogP contribution in [0.3, 0.4) is 0 Å². The molecule has 0 saturated carbocycles. The van der Waals surface area contributed by atoms with Gasteiger partial charge in [0.15, 0.2) is 0 Å². The van der Waals surface area contributed by atoms with Crippen LogP contribution in [0.1, 0.15) is 5.56 Å². The molecule has 0 aliphatic heterocycles. The number of nitro groups is 1. The van der Waals surface area contributed by atoms with Gasteiger partial charge in [0.25, 0.3) is 5.69 Å². The van der Waals surface area contributed by atoms with Gasteiger partial charge in [0, 0.05) is 12.1 Å². The molecule has 0 bridgehead atoms. The van der Waals surface area contributed by atoms with Gasteiger partial charge in [-0.1, -0.05) is 24.3 Å². The smallest absolute Gasteiger partial charge is 0.440 e. The number of H-pyrrole nitrogens is 1. The van der Waals surface area contributed by atoms with E-state index in [1.54, 1.807) is 42.5 Å². The highest BCUT2D eigenvalue weighted by Crippen LogP contribution is 2.28. The normalized spacial score (nSPS) is 10.7. The first kappa shape index (κ1) is 18.9. The van der Waals surface area contributed by atoms with E-state index in [9.17, 15) is 19.7 Å². The van der Waals surface area contributed by atoms with Gasteiger partial charge in [0.2, 0.25) is 0 Å². The van der Waals surface area contributed by atoms with Crippen LogP contribution >= 0.6 is 0 Å². The average molecular weight is 405 g/mol. The van der Waals surface area contributed by atoms with E-state index < -0.39 is 16.4 Å². The fourth-order valence-corrected chi connectivity index (χ4v) is 2.90. The summed E-state index contributed by atoms with van der Waals surface area (Å²) in [6.07, 6.45) is 0. The molecule has 1 N–H and O–H groups in total. The van der Waals surface area contributed by atoms with Crippen LogP contribution in [0.2, 0.25) is 0 Å². The maximum atomic E-state index is 11.5. The summed E-state index contributed by atoms with van der Waals surface area (Å²) in [4.78, 5) is 34.9. The summed E-state index contributed by atoms with van der Waals surface area (Å²) in [6.45, 7) is 0.119. The van der Waals surface area contributed by atoms with Crippen molar-refractivity contribution in [3.8, 4) is 22.6 Å². The highest BCUT2D eigenvalue weighted by molar-refractivity contribution is 5.66. The molecule has 9 nitrogen and oxygen atoms in total. The SMILES string of the molecule is O=c1[nH]c(=O)n(Cc2ccc(Oc3cccc(-c4ccc([N+](=O)[O-])cc4)c3)cc2)o1. The van der Waals surface area contributed by atoms with E-state index >= 15 is 0 Å². The van der Waals surface area contributed by atoms with E-state index in [4.69, 9.17) is 9.26 Å². The van der Waals surface area contributed by atoms with Crippen molar-refractivity contribution >= 4 is 5.69 Å². The van der Waals surface area contributed by atoms with Gasteiger partial charge in [-0.3, -0.25) is 10.1 Å². The summed E-state index contributed by atoms with van der Waals surface area (Å²) in [7, 11) is 0. The zero-order valence-corrected chi connectivity index (χ0v) is 15.5. The van der Waals surface area contributed by atoms with Crippen molar-refractivity contribution in [2.24, 2.45) is 0 Å². The zero-order chi connectivity index (χ0) is 21.1. The molecule has 0 radical (unpaired) electrons. The molecule has 9 heteroatoms. The molecule has 0 spiro atoms. The number of rotatable bonds is 6. The number of aromatic nitrogens is 2. The van der Waals surface area contributed by atoms with Crippen LogP contribution in [0.5, 0.6) is 11.5 Å². The zero-order valence-electron chi connectivity index (χ0n) is 15.5. The molecule has 30 heavy (non-hydrogen) atoms. The van der Waals surface area contributed by atoms with E-state index in [0.29, 0.717) is 11.5 Å². The van der Waals surface area contributed by atoms with Crippen molar-refractivity contribution in [2.75, 3.05) is 0 Å². The Balaban J connectivity index is 1.48. The molecule has 1 aromatic heterocycles. The molecule has 0 atom stereocenters. The van der Waals surface area contributed by atoms with Gasteiger partial charge in [0.1, 0.15) is 11.5 Å². The number of nitrogens with one attached hydrogen (secondary N) is 1. The fraction of sp³-hybridized carbons (Fsp3) is 0.0476. The summed E-state index contributed by atoms with van der Waals surface area (Å²) < 4.78 is 11.6. The van der Waals surface area contributed by atoms with Gasteiger partial charge in [-0.05, 0) is 53.1 Å². The third kappa shape index (κ3) is 4.20. The first-order chi connectivity index (χ1) is 14.5. The molecule has 0 fully saturated rings. The van der Waals surface area contributed by atoms with Gasteiger partial charge in [0.05, 0.1) is 11.5 Å². The van der Waals surface area contributed by atoms with Gasteiger partial charge in [-0.15, -0.1) is 4.74 Å². The number of hydrogen-bond acceptors (Lipinski definition) is 6. The van der Waals surface area contributed by atoms with Gasteiger partial charge >= 0.3 is 11.4 Å². The van der Waals surface area contributed by atoms with Gasteiger partial charge in [-0.2, -0.15) is 0 Å². The van der Waals surface area contributed by atoms with Crippen LogP contribution in [-0.4, -0.2) is 14.6 Å². The van der Waals surface area contributed by atoms with Crippen molar-refractivity contribution in [1.29, 1.82) is 0 Å². The molecule has 0 saturated heterocycles. The third-order valence-corrected chi connectivity index (χ3v) is 4.36. The molecule has 0 aliphatic carbocycles. The van der Waals surface area contributed by atoms with E-state index in [1.165, 1.54) is 12.1 Å². The average Bonchev–Trinajstić information content (AvgIpc) is 3.06. The minimum absolute atomic E-state index is 0.0347. The van der Waals surface area contributed by atoms with Crippen molar-refractivity contribution < 1.29 is 14.2 Å². The molecule has 4 aromatic rings. The Morgan fingerprint density at radius 2 is 1.67 bits per heavy atom. The number of nitrogens with zero attached hydrogens (tertiary/aromatic N) is 2. The lowest BCUT2D eigenvalue weighted by atomic mass is 10.1. The first-order valence-corrected chi connectivity index (χ1v) is 8.90. The largest absolute Gasteiger partial charge is 0.457 e. The number of hydrogen-bond donors (Lipinski definition) is 1. The standard InChI is InChI=1S/C21H15N3O6/c25-20-22-21(26)30-23(20)13-14-4-10-18(11-5-14)29-19-3-1-2-16(12-19)15-6-8-17(9-7-15)24(27)28/h1-12H,13H2,(H,22,25,26). The number of aromatic amines is 1. The number of non-ortho nitro benzene ring substituents is 1. The Hall–Kier alpha value is -4.40. The third-order valence-electron chi connectivity index (χ3n) is 4.36. The van der Waals surface area contributed by atoms with Crippen LogP contribution in [0, 0.1) is 10.1 Å². The number of nitro benzene ring substituents is 1. The van der Waals surface area contributed by atoms with Crippen LogP contribution in [0.15, 0.2) is 86.9 Å². The van der Waals surface area contributed by atoms with Crippen molar-refractivity contribution in [3.05, 3.63) is 110 Å². The number of benzene rings is 3. The van der Waals surface area contributed by atoms with Gasteiger partial charge in [-0.25, -0.2) is 14.6 Å². The minimum Gasteiger partial charge on any atom is -0.457 e. The molecule has 0 unspecified atom stereocenters. The summed E-state index contributed by atoms with van der Waals surface area (Å²) >= 11 is 0. The topological polar surface area (TPSA) is 120 Å². The Morgan fingerprint density at radius 3 is 2.30 bits per heavy atom. The Labute approximate surface area is 168 Å². The van der Waals surface area contributed by atoms with E-state index in [0.717, 1.165) is 21.4 Å². The lowest BCUT2D eigenvalue weighted by Gasteiger charge is -2.09. The quantitative estimate of drug-likeness (QED) is 0.387. The van der Waals surface area contributed by atoms with E-state index in [2.05, 4.69) is 0 Å². The molecule has 0 aliphatic rings. The summed E-state index contributed by atoms with van der Waals surface area (Å²) in [5.74, 6) is 0.391. The summed E-state index contributed by atoms with van der Waals surface area (Å²) in [5, 5.41) is 10.8. The lowest BCUT2D eigenvalue weighted by Crippen LogP contribution is -2.17. The predicted molar refractivity (Wildman–Crippen MR) is 108 cm³/mol. The second-order valence-electron chi connectivity index (χ2n) is 6.42. The van der Waals surface area contributed by atoms with Crippen LogP contribution in [-0.2, 0) is 6.54 Å². The minimum atomic E-state index is -0.798. The van der Waals surface area contributed by atoms with Crippen molar-refractivity contribution in [2.45, 2.75) is 6.54 Å². The van der Waals surface area contributed by atoms with Gasteiger partial charge < -0.3 is 9.26 Å². The summed E-state index contributed by atoms with van der Waals surface area (Å²) in [6, 6.07) is 20.6.